The van der Waals surface area contributed by atoms with Crippen LogP contribution in [0.25, 0.3) is 0 Å². The first-order valence-corrected chi connectivity index (χ1v) is 6.45. The molecule has 0 radical (unpaired) electrons. The van der Waals surface area contributed by atoms with Crippen molar-refractivity contribution in [3.8, 4) is 0 Å². The van der Waals surface area contributed by atoms with Crippen molar-refractivity contribution in [3.05, 3.63) is 29.3 Å². The number of para-hydroxylation sites is 1. The van der Waals surface area contributed by atoms with E-state index in [0.29, 0.717) is 5.69 Å². The third-order valence-corrected chi connectivity index (χ3v) is 3.34. The number of nitrogens with zero attached hydrogens (tertiary/aromatic N) is 1. The molecule has 0 heterocycles. The van der Waals surface area contributed by atoms with Crippen LogP contribution in [0.3, 0.4) is 0 Å². The molecule has 104 valence electrons. The number of amides is 1. The maximum absolute atomic E-state index is 12.1. The Labute approximate surface area is 118 Å². The largest absolute Gasteiger partial charge is 0.480 e. The number of carboxylic acids is 1. The highest BCUT2D eigenvalue weighted by Crippen LogP contribution is 2.31. The van der Waals surface area contributed by atoms with E-state index in [4.69, 9.17) is 11.6 Å². The topological polar surface area (TPSA) is 57.6 Å². The summed E-state index contributed by atoms with van der Waals surface area (Å²) >= 11 is 5.63. The molecule has 0 aromatic heterocycles. The SMILES string of the molecule is Cc1cccc(C)c1N(C(=O)CCl)C(C)(C)C(=O)O. The molecule has 1 aromatic carbocycles. The Bertz CT molecular complexity index is 491. The second-order valence-corrected chi connectivity index (χ2v) is 5.23. The number of aliphatic carboxylic acids is 1. The Morgan fingerprint density at radius 2 is 1.74 bits per heavy atom. The molecule has 4 nitrogen and oxygen atoms in total. The predicted molar refractivity (Wildman–Crippen MR) is 75.8 cm³/mol. The summed E-state index contributed by atoms with van der Waals surface area (Å²) in [5.74, 6) is -1.76. The van der Waals surface area contributed by atoms with E-state index in [-0.39, 0.29) is 5.88 Å². The number of hydrogen-bond acceptors (Lipinski definition) is 2. The quantitative estimate of drug-likeness (QED) is 0.865. The first-order valence-electron chi connectivity index (χ1n) is 5.92. The minimum absolute atomic E-state index is 0.259. The normalized spacial score (nSPS) is 11.2. The van der Waals surface area contributed by atoms with Crippen molar-refractivity contribution in [1.82, 2.24) is 0 Å². The van der Waals surface area contributed by atoms with Gasteiger partial charge in [0.2, 0.25) is 5.91 Å². The second kappa shape index (κ2) is 5.61. The number of benzene rings is 1. The average molecular weight is 284 g/mol. The fourth-order valence-electron chi connectivity index (χ4n) is 2.03. The van der Waals surface area contributed by atoms with Gasteiger partial charge in [0, 0.05) is 0 Å². The van der Waals surface area contributed by atoms with Crippen LogP contribution in [-0.2, 0) is 9.59 Å². The van der Waals surface area contributed by atoms with Gasteiger partial charge in [-0.2, -0.15) is 0 Å². The molecule has 0 aliphatic heterocycles. The van der Waals surface area contributed by atoms with E-state index >= 15 is 0 Å². The summed E-state index contributed by atoms with van der Waals surface area (Å²) in [6.45, 7) is 6.67. The molecule has 1 rings (SSSR count). The molecule has 0 aliphatic carbocycles. The Morgan fingerprint density at radius 3 is 2.11 bits per heavy atom. The van der Waals surface area contributed by atoms with Crippen LogP contribution in [0.2, 0.25) is 0 Å². The van der Waals surface area contributed by atoms with Crippen molar-refractivity contribution in [1.29, 1.82) is 0 Å². The first-order chi connectivity index (χ1) is 8.73. The van der Waals surface area contributed by atoms with Gasteiger partial charge in [0.25, 0.3) is 0 Å². The van der Waals surface area contributed by atoms with E-state index in [9.17, 15) is 14.7 Å². The van der Waals surface area contributed by atoms with Gasteiger partial charge in [-0.25, -0.2) is 4.79 Å². The van der Waals surface area contributed by atoms with Gasteiger partial charge in [-0.05, 0) is 38.8 Å². The van der Waals surface area contributed by atoms with Crippen molar-refractivity contribution < 1.29 is 14.7 Å². The Morgan fingerprint density at radius 1 is 1.26 bits per heavy atom. The van der Waals surface area contributed by atoms with E-state index in [0.717, 1.165) is 11.1 Å². The van der Waals surface area contributed by atoms with Gasteiger partial charge < -0.3 is 5.11 Å². The van der Waals surface area contributed by atoms with E-state index in [2.05, 4.69) is 0 Å². The molecule has 0 saturated carbocycles. The molecular formula is C14H18ClNO3. The summed E-state index contributed by atoms with van der Waals surface area (Å²) in [5, 5.41) is 9.36. The molecule has 1 N–H and O–H groups in total. The van der Waals surface area contributed by atoms with E-state index in [1.54, 1.807) is 0 Å². The van der Waals surface area contributed by atoms with Gasteiger partial charge in [0.15, 0.2) is 0 Å². The minimum Gasteiger partial charge on any atom is -0.480 e. The number of halogens is 1. The summed E-state index contributed by atoms with van der Waals surface area (Å²) in [6, 6.07) is 5.55. The van der Waals surface area contributed by atoms with Gasteiger partial charge >= 0.3 is 5.97 Å². The fourth-order valence-corrected chi connectivity index (χ4v) is 2.15. The van der Waals surface area contributed by atoms with Gasteiger partial charge in [0.05, 0.1) is 5.69 Å². The van der Waals surface area contributed by atoms with E-state index < -0.39 is 17.4 Å². The van der Waals surface area contributed by atoms with Crippen LogP contribution in [0.5, 0.6) is 0 Å². The smallest absolute Gasteiger partial charge is 0.329 e. The number of rotatable bonds is 4. The molecule has 0 saturated heterocycles. The standard InChI is InChI=1S/C14H18ClNO3/c1-9-6-5-7-10(2)12(9)16(11(17)8-15)14(3,4)13(18)19/h5-7H,8H2,1-4H3,(H,18,19). The summed E-state index contributed by atoms with van der Waals surface area (Å²) in [4.78, 5) is 24.8. The van der Waals surface area contributed by atoms with Crippen LogP contribution in [-0.4, -0.2) is 28.4 Å². The van der Waals surface area contributed by atoms with Crippen LogP contribution in [0, 0.1) is 13.8 Å². The highest BCUT2D eigenvalue weighted by molar-refractivity contribution is 6.30. The van der Waals surface area contributed by atoms with E-state index in [1.807, 2.05) is 32.0 Å². The third-order valence-electron chi connectivity index (χ3n) is 3.11. The molecule has 0 spiro atoms. The van der Waals surface area contributed by atoms with E-state index in [1.165, 1.54) is 18.7 Å². The number of hydrogen-bond donors (Lipinski definition) is 1. The van der Waals surface area contributed by atoms with Crippen molar-refractivity contribution in [3.63, 3.8) is 0 Å². The van der Waals surface area contributed by atoms with Gasteiger partial charge in [-0.1, -0.05) is 18.2 Å². The lowest BCUT2D eigenvalue weighted by atomic mass is 9.98. The monoisotopic (exact) mass is 283 g/mol. The summed E-state index contributed by atoms with van der Waals surface area (Å²) in [7, 11) is 0. The van der Waals surface area contributed by atoms with Crippen LogP contribution < -0.4 is 4.90 Å². The number of aryl methyl sites for hydroxylation is 2. The minimum atomic E-state index is -1.36. The zero-order chi connectivity index (χ0) is 14.8. The summed E-state index contributed by atoms with van der Waals surface area (Å²) in [6.07, 6.45) is 0. The van der Waals surface area contributed by atoms with Gasteiger partial charge in [-0.15, -0.1) is 11.6 Å². The van der Waals surface area contributed by atoms with Crippen molar-refractivity contribution in [2.75, 3.05) is 10.8 Å². The highest BCUT2D eigenvalue weighted by Gasteiger charge is 2.39. The Kier molecular flexibility index (Phi) is 4.58. The average Bonchev–Trinajstić information content (AvgIpc) is 2.32. The maximum atomic E-state index is 12.1. The predicted octanol–water partition coefficient (Wildman–Crippen LogP) is 2.74. The number of carbonyl (C=O) groups is 2. The van der Waals surface area contributed by atoms with Crippen molar-refractivity contribution in [2.24, 2.45) is 0 Å². The molecule has 0 aliphatic rings. The maximum Gasteiger partial charge on any atom is 0.329 e. The molecule has 1 aromatic rings. The molecule has 0 unspecified atom stereocenters. The number of carboxylic acid groups (broad SMARTS) is 1. The van der Waals surface area contributed by atoms with Crippen molar-refractivity contribution >= 4 is 29.2 Å². The molecule has 0 bridgehead atoms. The van der Waals surface area contributed by atoms with Crippen molar-refractivity contribution in [2.45, 2.75) is 33.2 Å². The van der Waals surface area contributed by atoms with Crippen LogP contribution >= 0.6 is 11.6 Å². The Hall–Kier alpha value is -1.55. The zero-order valence-corrected chi connectivity index (χ0v) is 12.3. The molecular weight excluding hydrogens is 266 g/mol. The fraction of sp³-hybridized carbons (Fsp3) is 0.429. The van der Waals surface area contributed by atoms with Crippen LogP contribution in [0.15, 0.2) is 18.2 Å². The number of alkyl halides is 1. The van der Waals surface area contributed by atoms with Gasteiger partial charge in [0.1, 0.15) is 11.4 Å². The lowest BCUT2D eigenvalue weighted by Gasteiger charge is -2.36. The number of carbonyl (C=O) groups excluding carboxylic acids is 1. The molecule has 1 amide bonds. The van der Waals surface area contributed by atoms with Crippen LogP contribution in [0.4, 0.5) is 5.69 Å². The van der Waals surface area contributed by atoms with Gasteiger partial charge in [-0.3, -0.25) is 9.69 Å². The summed E-state index contributed by atoms with van der Waals surface area (Å²) in [5.41, 5.74) is 0.934. The first kappa shape index (κ1) is 15.5. The van der Waals surface area contributed by atoms with Crippen LogP contribution in [0.1, 0.15) is 25.0 Å². The zero-order valence-electron chi connectivity index (χ0n) is 11.5. The third kappa shape index (κ3) is 2.89. The molecule has 5 heteroatoms. The Balaban J connectivity index is 3.50. The second-order valence-electron chi connectivity index (χ2n) is 4.97. The molecule has 0 fully saturated rings. The lowest BCUT2D eigenvalue weighted by Crippen LogP contribution is -2.54. The molecule has 19 heavy (non-hydrogen) atoms. The number of anilines is 1. The lowest BCUT2D eigenvalue weighted by molar-refractivity contribution is -0.143. The molecule has 0 atom stereocenters. The highest BCUT2D eigenvalue weighted by atomic mass is 35.5. The summed E-state index contributed by atoms with van der Waals surface area (Å²) < 4.78 is 0.